The van der Waals surface area contributed by atoms with Crippen molar-refractivity contribution in [2.24, 2.45) is 0 Å². The molecule has 8 heteroatoms. The molecule has 1 saturated heterocycles. The number of hydrogen-bond acceptors (Lipinski definition) is 7. The second-order valence-corrected chi connectivity index (χ2v) is 4.38. The predicted molar refractivity (Wildman–Crippen MR) is 65.9 cm³/mol. The van der Waals surface area contributed by atoms with Crippen LogP contribution in [0.4, 0.5) is 4.79 Å². The third-order valence-corrected chi connectivity index (χ3v) is 3.09. The zero-order valence-electron chi connectivity index (χ0n) is 11.8. The summed E-state index contributed by atoms with van der Waals surface area (Å²) in [6.07, 6.45) is 0.490. The van der Waals surface area contributed by atoms with Gasteiger partial charge in [0.2, 0.25) is 0 Å². The van der Waals surface area contributed by atoms with Crippen molar-refractivity contribution in [1.29, 1.82) is 0 Å². The summed E-state index contributed by atoms with van der Waals surface area (Å²) in [4.78, 5) is 34.1. The number of alkyl carbamates (subject to hydrolysis) is 1. The molecule has 1 N–H and O–H groups in total. The van der Waals surface area contributed by atoms with Gasteiger partial charge in [-0.05, 0) is 19.3 Å². The van der Waals surface area contributed by atoms with E-state index in [9.17, 15) is 14.4 Å². The summed E-state index contributed by atoms with van der Waals surface area (Å²) in [6.45, 7) is 0.312. The standard InChI is InChI=1S/C12H19NO7/c1-17-9(14)8(13-11(16)19-3)5-4-6-12(7-20-12)10(15)18-2/h8H,4-7H2,1-3H3,(H,13,16)/t8-,12-/m0/s1. The third-order valence-electron chi connectivity index (χ3n) is 3.09. The highest BCUT2D eigenvalue weighted by Gasteiger charge is 2.52. The number of ether oxygens (including phenoxy) is 4. The van der Waals surface area contributed by atoms with Crippen molar-refractivity contribution < 1.29 is 33.3 Å². The molecule has 1 heterocycles. The lowest BCUT2D eigenvalue weighted by Gasteiger charge is -2.16. The molecule has 1 aliphatic rings. The van der Waals surface area contributed by atoms with Crippen molar-refractivity contribution in [1.82, 2.24) is 5.32 Å². The minimum Gasteiger partial charge on any atom is -0.467 e. The van der Waals surface area contributed by atoms with Crippen LogP contribution in [0.3, 0.4) is 0 Å². The van der Waals surface area contributed by atoms with Gasteiger partial charge in [-0.25, -0.2) is 14.4 Å². The molecule has 20 heavy (non-hydrogen) atoms. The monoisotopic (exact) mass is 289 g/mol. The fraction of sp³-hybridized carbons (Fsp3) is 0.750. The molecule has 0 radical (unpaired) electrons. The lowest BCUT2D eigenvalue weighted by atomic mass is 10.0. The van der Waals surface area contributed by atoms with Crippen LogP contribution in [0.5, 0.6) is 0 Å². The number of carbonyl (C=O) groups excluding carboxylic acids is 3. The van der Waals surface area contributed by atoms with Crippen LogP contribution in [-0.4, -0.2) is 57.6 Å². The van der Waals surface area contributed by atoms with Gasteiger partial charge in [-0.2, -0.15) is 0 Å². The molecule has 2 atom stereocenters. The van der Waals surface area contributed by atoms with Gasteiger partial charge in [0, 0.05) is 0 Å². The first-order chi connectivity index (χ1) is 9.49. The van der Waals surface area contributed by atoms with Gasteiger partial charge >= 0.3 is 18.0 Å². The SMILES string of the molecule is COC(=O)N[C@@H](CCC[C@@]1(C(=O)OC)CO1)C(=O)OC. The second-order valence-electron chi connectivity index (χ2n) is 4.38. The van der Waals surface area contributed by atoms with Gasteiger partial charge < -0.3 is 24.3 Å². The number of rotatable bonds is 7. The minimum atomic E-state index is -0.888. The zero-order chi connectivity index (χ0) is 15.2. The lowest BCUT2D eigenvalue weighted by Crippen LogP contribution is -2.41. The molecule has 1 fully saturated rings. The quantitative estimate of drug-likeness (QED) is 0.399. The average molecular weight is 289 g/mol. The van der Waals surface area contributed by atoms with E-state index in [0.29, 0.717) is 25.9 Å². The maximum absolute atomic E-state index is 11.5. The molecule has 0 bridgehead atoms. The molecule has 0 aromatic carbocycles. The van der Waals surface area contributed by atoms with Crippen LogP contribution in [0.1, 0.15) is 19.3 Å². The van der Waals surface area contributed by atoms with Crippen LogP contribution in [-0.2, 0) is 28.5 Å². The van der Waals surface area contributed by atoms with E-state index in [1.54, 1.807) is 0 Å². The Hall–Kier alpha value is -1.83. The number of carbonyl (C=O) groups is 3. The Balaban J connectivity index is 2.44. The van der Waals surface area contributed by atoms with Gasteiger partial charge in [-0.1, -0.05) is 0 Å². The zero-order valence-corrected chi connectivity index (χ0v) is 11.8. The summed E-state index contributed by atoms with van der Waals surface area (Å²) >= 11 is 0. The number of hydrogen-bond donors (Lipinski definition) is 1. The van der Waals surface area contributed by atoms with Crippen LogP contribution in [0.25, 0.3) is 0 Å². The Morgan fingerprint density at radius 1 is 1.20 bits per heavy atom. The minimum absolute atomic E-state index is 0.309. The van der Waals surface area contributed by atoms with Gasteiger partial charge in [-0.15, -0.1) is 0 Å². The van der Waals surface area contributed by atoms with Crippen molar-refractivity contribution in [3.05, 3.63) is 0 Å². The fourth-order valence-electron chi connectivity index (χ4n) is 1.82. The van der Waals surface area contributed by atoms with Crippen LogP contribution in [0.2, 0.25) is 0 Å². The van der Waals surface area contributed by atoms with E-state index in [4.69, 9.17) is 4.74 Å². The topological polar surface area (TPSA) is 103 Å². The lowest BCUT2D eigenvalue weighted by molar-refractivity contribution is -0.147. The van der Waals surface area contributed by atoms with Crippen LogP contribution in [0, 0.1) is 0 Å². The third kappa shape index (κ3) is 4.09. The van der Waals surface area contributed by atoms with E-state index in [2.05, 4.69) is 19.5 Å². The van der Waals surface area contributed by atoms with Crippen molar-refractivity contribution in [3.63, 3.8) is 0 Å². The fourth-order valence-corrected chi connectivity index (χ4v) is 1.82. The highest BCUT2D eigenvalue weighted by atomic mass is 16.6. The van der Waals surface area contributed by atoms with Crippen molar-refractivity contribution >= 4 is 18.0 Å². The Morgan fingerprint density at radius 3 is 2.30 bits per heavy atom. The molecule has 0 aromatic heterocycles. The van der Waals surface area contributed by atoms with Gasteiger partial charge in [0.05, 0.1) is 27.9 Å². The van der Waals surface area contributed by atoms with E-state index in [0.717, 1.165) is 0 Å². The molecule has 0 spiro atoms. The summed E-state index contributed by atoms with van der Waals surface area (Å²) in [5.41, 5.74) is -0.888. The highest BCUT2D eigenvalue weighted by Crippen LogP contribution is 2.34. The molecule has 1 amide bonds. The normalized spacial score (nSPS) is 21.6. The van der Waals surface area contributed by atoms with Gasteiger partial charge in [0.1, 0.15) is 6.04 Å². The van der Waals surface area contributed by atoms with Gasteiger partial charge in [0.25, 0.3) is 0 Å². The van der Waals surface area contributed by atoms with Gasteiger partial charge in [-0.3, -0.25) is 0 Å². The Labute approximate surface area is 116 Å². The predicted octanol–water partition coefficient (Wildman–Crippen LogP) is -0.00370. The molecule has 0 aromatic rings. The molecular weight excluding hydrogens is 270 g/mol. The molecule has 0 unspecified atom stereocenters. The Bertz CT molecular complexity index is 378. The molecule has 1 aliphatic heterocycles. The van der Waals surface area contributed by atoms with Crippen molar-refractivity contribution in [2.45, 2.75) is 30.9 Å². The highest BCUT2D eigenvalue weighted by molar-refractivity contribution is 5.82. The largest absolute Gasteiger partial charge is 0.467 e. The second kappa shape index (κ2) is 7.09. The van der Waals surface area contributed by atoms with E-state index in [1.807, 2.05) is 0 Å². The first-order valence-electron chi connectivity index (χ1n) is 6.13. The Kier molecular flexibility index (Phi) is 5.75. The van der Waals surface area contributed by atoms with Crippen molar-refractivity contribution in [2.75, 3.05) is 27.9 Å². The smallest absolute Gasteiger partial charge is 0.407 e. The molecule has 0 aliphatic carbocycles. The summed E-state index contributed by atoms with van der Waals surface area (Å²) in [6, 6.07) is -0.819. The van der Waals surface area contributed by atoms with Crippen LogP contribution in [0.15, 0.2) is 0 Å². The number of amides is 1. The average Bonchev–Trinajstić information content (AvgIpc) is 3.25. The van der Waals surface area contributed by atoms with Crippen LogP contribution >= 0.6 is 0 Å². The molecule has 1 rings (SSSR count). The molecule has 0 saturated carbocycles. The maximum atomic E-state index is 11.5. The summed E-state index contributed by atoms with van der Waals surface area (Å²) in [5, 5.41) is 2.37. The molecule has 8 nitrogen and oxygen atoms in total. The molecule has 114 valence electrons. The van der Waals surface area contributed by atoms with E-state index >= 15 is 0 Å². The van der Waals surface area contributed by atoms with Gasteiger partial charge in [0.15, 0.2) is 5.60 Å². The molecular formula is C12H19NO7. The van der Waals surface area contributed by atoms with E-state index < -0.39 is 29.7 Å². The summed E-state index contributed by atoms with van der Waals surface area (Å²) < 4.78 is 18.8. The van der Waals surface area contributed by atoms with E-state index in [-0.39, 0.29) is 0 Å². The summed E-state index contributed by atoms with van der Waals surface area (Å²) in [7, 11) is 3.73. The number of methoxy groups -OCH3 is 3. The number of esters is 2. The number of nitrogens with one attached hydrogen (secondary N) is 1. The van der Waals surface area contributed by atoms with Crippen LogP contribution < -0.4 is 5.32 Å². The first-order valence-corrected chi connectivity index (χ1v) is 6.13. The Morgan fingerprint density at radius 2 is 1.85 bits per heavy atom. The first kappa shape index (κ1) is 16.2. The maximum Gasteiger partial charge on any atom is 0.407 e. The summed E-state index contributed by atoms with van der Waals surface area (Å²) in [5.74, 6) is -0.993. The van der Waals surface area contributed by atoms with Crippen molar-refractivity contribution in [3.8, 4) is 0 Å². The van der Waals surface area contributed by atoms with E-state index in [1.165, 1.54) is 21.3 Å². The number of epoxide rings is 1.